The Balaban J connectivity index is 1.57. The van der Waals surface area contributed by atoms with Gasteiger partial charge in [0.25, 0.3) is 0 Å². The van der Waals surface area contributed by atoms with Crippen LogP contribution in [0.4, 0.5) is 0 Å². The summed E-state index contributed by atoms with van der Waals surface area (Å²) in [6.07, 6.45) is 5.32. The minimum absolute atomic E-state index is 0.630. The second-order valence-electron chi connectivity index (χ2n) is 5.40. The quantitative estimate of drug-likeness (QED) is 0.890. The van der Waals surface area contributed by atoms with Crippen molar-refractivity contribution in [2.75, 3.05) is 13.1 Å². The predicted octanol–water partition coefficient (Wildman–Crippen LogP) is 2.30. The first-order valence-electron chi connectivity index (χ1n) is 6.71. The van der Waals surface area contributed by atoms with Gasteiger partial charge in [-0.05, 0) is 12.0 Å². The lowest BCUT2D eigenvalue weighted by Crippen LogP contribution is -2.40. The zero-order valence-corrected chi connectivity index (χ0v) is 10.3. The summed E-state index contributed by atoms with van der Waals surface area (Å²) in [5.74, 6) is 1.36. The lowest BCUT2D eigenvalue weighted by Gasteiger charge is -2.28. The molecular formula is C15H17N3. The van der Waals surface area contributed by atoms with Crippen molar-refractivity contribution in [2.45, 2.75) is 24.3 Å². The van der Waals surface area contributed by atoms with Gasteiger partial charge in [-0.2, -0.15) is 0 Å². The van der Waals surface area contributed by atoms with Crippen LogP contribution in [0.5, 0.6) is 0 Å². The third-order valence-corrected chi connectivity index (χ3v) is 4.24. The fraction of sp³-hybridized carbons (Fsp3) is 0.400. The predicted molar refractivity (Wildman–Crippen MR) is 70.7 cm³/mol. The monoisotopic (exact) mass is 239 g/mol. The molecule has 2 atom stereocenters. The molecule has 1 aliphatic heterocycles. The van der Waals surface area contributed by atoms with Crippen molar-refractivity contribution in [3.8, 4) is 0 Å². The summed E-state index contributed by atoms with van der Waals surface area (Å²) < 4.78 is 2.41. The van der Waals surface area contributed by atoms with Gasteiger partial charge in [0.1, 0.15) is 0 Å². The number of nitrogens with zero attached hydrogens (tertiary/aromatic N) is 2. The Morgan fingerprint density at radius 1 is 1.17 bits per heavy atom. The fourth-order valence-electron chi connectivity index (χ4n) is 2.95. The average molecular weight is 239 g/mol. The van der Waals surface area contributed by atoms with E-state index in [-0.39, 0.29) is 0 Å². The summed E-state index contributed by atoms with van der Waals surface area (Å²) >= 11 is 0. The lowest BCUT2D eigenvalue weighted by molar-refractivity contribution is 0.423. The maximum atomic E-state index is 4.35. The number of hydrogen-bond donors (Lipinski definition) is 1. The van der Waals surface area contributed by atoms with Gasteiger partial charge in [0.15, 0.2) is 0 Å². The Bertz CT molecular complexity index is 542. The largest absolute Gasteiger partial charge is 0.331 e. The highest BCUT2D eigenvalue weighted by Crippen LogP contribution is 2.52. The SMILES string of the molecule is c1ccc(C2CC2n2cncc2C2CNC2)cc1. The normalized spacial score (nSPS) is 26.9. The standard InChI is InChI=1S/C15H17N3/c1-2-4-11(5-3-1)13-6-14(13)18-10-17-9-15(18)12-7-16-8-12/h1-5,9-10,12-14,16H,6-8H2. The van der Waals surface area contributed by atoms with Crippen LogP contribution in [0.1, 0.15) is 35.6 Å². The molecular weight excluding hydrogens is 222 g/mol. The van der Waals surface area contributed by atoms with Crippen LogP contribution in [0.15, 0.2) is 42.9 Å². The first-order valence-corrected chi connectivity index (χ1v) is 6.71. The van der Waals surface area contributed by atoms with E-state index in [1.54, 1.807) is 0 Å². The van der Waals surface area contributed by atoms with Gasteiger partial charge in [-0.1, -0.05) is 30.3 Å². The van der Waals surface area contributed by atoms with Gasteiger partial charge in [0, 0.05) is 42.9 Å². The number of rotatable bonds is 3. The first-order chi connectivity index (χ1) is 8.93. The van der Waals surface area contributed by atoms with E-state index in [1.807, 2.05) is 12.5 Å². The molecule has 1 N–H and O–H groups in total. The molecule has 1 saturated carbocycles. The van der Waals surface area contributed by atoms with Gasteiger partial charge >= 0.3 is 0 Å². The van der Waals surface area contributed by atoms with Crippen molar-refractivity contribution in [3.63, 3.8) is 0 Å². The molecule has 18 heavy (non-hydrogen) atoms. The Morgan fingerprint density at radius 3 is 2.72 bits per heavy atom. The highest BCUT2D eigenvalue weighted by Gasteiger charge is 2.41. The number of benzene rings is 1. The zero-order valence-electron chi connectivity index (χ0n) is 10.3. The zero-order chi connectivity index (χ0) is 11.9. The maximum Gasteiger partial charge on any atom is 0.0951 e. The highest BCUT2D eigenvalue weighted by atomic mass is 15.1. The molecule has 2 aliphatic rings. The summed E-state index contributed by atoms with van der Waals surface area (Å²) in [4.78, 5) is 4.35. The summed E-state index contributed by atoms with van der Waals surface area (Å²) in [6, 6.07) is 11.5. The van der Waals surface area contributed by atoms with Crippen molar-refractivity contribution in [2.24, 2.45) is 0 Å². The van der Waals surface area contributed by atoms with Crippen LogP contribution < -0.4 is 5.32 Å². The second kappa shape index (κ2) is 3.95. The molecule has 0 radical (unpaired) electrons. The molecule has 3 nitrogen and oxygen atoms in total. The van der Waals surface area contributed by atoms with Crippen LogP contribution in [0.3, 0.4) is 0 Å². The van der Waals surface area contributed by atoms with Crippen LogP contribution in [0.25, 0.3) is 0 Å². The van der Waals surface area contributed by atoms with Crippen molar-refractivity contribution < 1.29 is 0 Å². The van der Waals surface area contributed by atoms with E-state index in [1.165, 1.54) is 17.7 Å². The minimum Gasteiger partial charge on any atom is -0.331 e. The highest BCUT2D eigenvalue weighted by molar-refractivity contribution is 5.28. The van der Waals surface area contributed by atoms with Crippen molar-refractivity contribution >= 4 is 0 Å². The number of imidazole rings is 1. The van der Waals surface area contributed by atoms with E-state index in [0.29, 0.717) is 17.9 Å². The summed E-state index contributed by atoms with van der Waals surface area (Å²) in [6.45, 7) is 2.21. The van der Waals surface area contributed by atoms with Crippen LogP contribution >= 0.6 is 0 Å². The molecule has 2 unspecified atom stereocenters. The Kier molecular flexibility index (Phi) is 2.27. The molecule has 2 heterocycles. The third-order valence-electron chi connectivity index (χ3n) is 4.24. The molecule has 0 amide bonds. The number of hydrogen-bond acceptors (Lipinski definition) is 2. The van der Waals surface area contributed by atoms with E-state index >= 15 is 0 Å². The summed E-state index contributed by atoms with van der Waals surface area (Å²) in [7, 11) is 0. The van der Waals surface area contributed by atoms with E-state index in [4.69, 9.17) is 0 Å². The van der Waals surface area contributed by atoms with Gasteiger partial charge < -0.3 is 9.88 Å². The van der Waals surface area contributed by atoms with Gasteiger partial charge in [-0.3, -0.25) is 0 Å². The molecule has 1 aromatic carbocycles. The average Bonchev–Trinajstić information content (AvgIpc) is 3.01. The van der Waals surface area contributed by atoms with Crippen LogP contribution in [0.2, 0.25) is 0 Å². The molecule has 0 spiro atoms. The topological polar surface area (TPSA) is 29.9 Å². The summed E-state index contributed by atoms with van der Waals surface area (Å²) in [5, 5.41) is 3.34. The van der Waals surface area contributed by atoms with Gasteiger partial charge in [-0.25, -0.2) is 4.98 Å². The molecule has 92 valence electrons. The molecule has 1 saturated heterocycles. The van der Waals surface area contributed by atoms with E-state index in [9.17, 15) is 0 Å². The summed E-state index contributed by atoms with van der Waals surface area (Å²) in [5.41, 5.74) is 2.88. The molecule has 1 aromatic heterocycles. The number of nitrogens with one attached hydrogen (secondary N) is 1. The van der Waals surface area contributed by atoms with Crippen LogP contribution in [0, 0.1) is 0 Å². The fourth-order valence-corrected chi connectivity index (χ4v) is 2.95. The minimum atomic E-state index is 0.630. The Hall–Kier alpha value is -1.61. The number of aromatic nitrogens is 2. The second-order valence-corrected chi connectivity index (χ2v) is 5.40. The van der Waals surface area contributed by atoms with Crippen molar-refractivity contribution in [3.05, 3.63) is 54.1 Å². The molecule has 3 heteroatoms. The molecule has 0 bridgehead atoms. The molecule has 2 fully saturated rings. The van der Waals surface area contributed by atoms with Crippen molar-refractivity contribution in [1.29, 1.82) is 0 Å². The van der Waals surface area contributed by atoms with E-state index in [2.05, 4.69) is 45.2 Å². The smallest absolute Gasteiger partial charge is 0.0951 e. The van der Waals surface area contributed by atoms with Crippen molar-refractivity contribution in [1.82, 2.24) is 14.9 Å². The van der Waals surface area contributed by atoms with Gasteiger partial charge in [-0.15, -0.1) is 0 Å². The maximum absolute atomic E-state index is 4.35. The van der Waals surface area contributed by atoms with E-state index in [0.717, 1.165) is 13.1 Å². The molecule has 4 rings (SSSR count). The first kappa shape index (κ1) is 10.3. The van der Waals surface area contributed by atoms with Gasteiger partial charge in [0.05, 0.1) is 6.33 Å². The Morgan fingerprint density at radius 2 is 2.00 bits per heavy atom. The lowest BCUT2D eigenvalue weighted by atomic mass is 10.00. The Labute approximate surface area is 107 Å². The van der Waals surface area contributed by atoms with Crippen LogP contribution in [-0.2, 0) is 0 Å². The molecule has 2 aromatic rings. The molecule has 1 aliphatic carbocycles. The third kappa shape index (κ3) is 1.58. The van der Waals surface area contributed by atoms with E-state index < -0.39 is 0 Å². The van der Waals surface area contributed by atoms with Gasteiger partial charge in [0.2, 0.25) is 0 Å². The van der Waals surface area contributed by atoms with Crippen LogP contribution in [-0.4, -0.2) is 22.6 Å².